The van der Waals surface area contributed by atoms with Crippen LogP contribution in [0.3, 0.4) is 0 Å². The Kier molecular flexibility index (Phi) is 6.34. The molecule has 0 radical (unpaired) electrons. The van der Waals surface area contributed by atoms with Crippen molar-refractivity contribution < 1.29 is 5.11 Å². The van der Waals surface area contributed by atoms with Gasteiger partial charge in [0, 0.05) is 18.4 Å². The van der Waals surface area contributed by atoms with E-state index in [1.165, 1.54) is 6.08 Å². The van der Waals surface area contributed by atoms with Gasteiger partial charge < -0.3 is 15.8 Å². The van der Waals surface area contributed by atoms with Crippen LogP contribution in [0.5, 0.6) is 0 Å². The van der Waals surface area contributed by atoms with Crippen molar-refractivity contribution in [3.05, 3.63) is 34.3 Å². The van der Waals surface area contributed by atoms with Gasteiger partial charge in [-0.15, -0.1) is 0 Å². The molecule has 0 fully saturated rings. The summed E-state index contributed by atoms with van der Waals surface area (Å²) in [5.74, 6) is 5.84. The summed E-state index contributed by atoms with van der Waals surface area (Å²) in [7, 11) is 0. The number of halogens is 1. The Morgan fingerprint density at radius 1 is 1.41 bits per heavy atom. The topological polar surface area (TPSA) is 75.5 Å². The van der Waals surface area contributed by atoms with E-state index in [9.17, 15) is 5.11 Å². The summed E-state index contributed by atoms with van der Waals surface area (Å²) in [5, 5.41) is 11.2. The predicted octanol–water partition coefficient (Wildman–Crippen LogP) is 2.75. The molecule has 0 amide bonds. The number of nitrogens with two attached hydrogens (primary N) is 2. The van der Waals surface area contributed by atoms with E-state index in [1.54, 1.807) is 24.2 Å². The zero-order chi connectivity index (χ0) is 13.6. The summed E-state index contributed by atoms with van der Waals surface area (Å²) in [6, 6.07) is 0. The molecular weight excluding hydrogens is 282 g/mol. The van der Waals surface area contributed by atoms with Crippen molar-refractivity contribution in [3.63, 3.8) is 0 Å². The molecule has 0 saturated heterocycles. The lowest BCUT2D eigenvalue weighted by atomic mass is 9.97. The van der Waals surface area contributed by atoms with Gasteiger partial charge in [-0.2, -0.15) is 0 Å². The molecule has 0 bridgehead atoms. The molecule has 0 aromatic rings. The second kappa shape index (κ2) is 6.71. The lowest BCUT2D eigenvalue weighted by Gasteiger charge is -2.24. The van der Waals surface area contributed by atoms with E-state index >= 15 is 0 Å². The SMILES string of the molecule is C\C(N)=C(Br)/C(O)=C\C=C\N(N)CC(C)(C)C. The molecule has 4 nitrogen and oxygen atoms in total. The van der Waals surface area contributed by atoms with Crippen LogP contribution < -0.4 is 11.6 Å². The van der Waals surface area contributed by atoms with E-state index in [0.29, 0.717) is 10.2 Å². The van der Waals surface area contributed by atoms with Crippen molar-refractivity contribution in [2.75, 3.05) is 6.54 Å². The van der Waals surface area contributed by atoms with E-state index in [-0.39, 0.29) is 11.2 Å². The number of aliphatic hydroxyl groups excluding tert-OH is 1. The summed E-state index contributed by atoms with van der Waals surface area (Å²) in [4.78, 5) is 0. The molecule has 5 N–H and O–H groups in total. The van der Waals surface area contributed by atoms with Gasteiger partial charge in [0.15, 0.2) is 0 Å². The molecule has 0 aromatic carbocycles. The average molecular weight is 304 g/mol. The number of aliphatic hydroxyl groups is 1. The number of allylic oxidation sites excluding steroid dienone is 4. The molecule has 0 spiro atoms. The minimum atomic E-state index is 0.0745. The third-order valence-corrected chi connectivity index (χ3v) is 2.79. The van der Waals surface area contributed by atoms with Crippen molar-refractivity contribution in [1.29, 1.82) is 0 Å². The Morgan fingerprint density at radius 3 is 2.35 bits per heavy atom. The van der Waals surface area contributed by atoms with Crippen molar-refractivity contribution in [2.45, 2.75) is 27.7 Å². The van der Waals surface area contributed by atoms with Gasteiger partial charge in [0.1, 0.15) is 5.76 Å². The molecule has 0 heterocycles. The van der Waals surface area contributed by atoms with E-state index in [2.05, 4.69) is 36.7 Å². The van der Waals surface area contributed by atoms with Gasteiger partial charge in [-0.05, 0) is 40.4 Å². The highest BCUT2D eigenvalue weighted by atomic mass is 79.9. The number of hydrogen-bond acceptors (Lipinski definition) is 4. The molecule has 0 saturated carbocycles. The molecule has 0 aromatic heterocycles. The molecule has 0 atom stereocenters. The lowest BCUT2D eigenvalue weighted by molar-refractivity contribution is 0.256. The maximum atomic E-state index is 9.60. The van der Waals surface area contributed by atoms with Crippen LogP contribution in [0.25, 0.3) is 0 Å². The highest BCUT2D eigenvalue weighted by Gasteiger charge is 2.11. The summed E-state index contributed by atoms with van der Waals surface area (Å²) in [6.45, 7) is 8.74. The fourth-order valence-corrected chi connectivity index (χ4v) is 1.25. The van der Waals surface area contributed by atoms with Gasteiger partial charge in [0.05, 0.1) is 4.48 Å². The second-order valence-electron chi connectivity index (χ2n) is 5.12. The van der Waals surface area contributed by atoms with Gasteiger partial charge in [-0.25, -0.2) is 5.84 Å². The van der Waals surface area contributed by atoms with Crippen molar-refractivity contribution in [3.8, 4) is 0 Å². The van der Waals surface area contributed by atoms with Crippen LogP contribution in [0.4, 0.5) is 0 Å². The molecule has 0 aliphatic carbocycles. The van der Waals surface area contributed by atoms with Crippen LogP contribution >= 0.6 is 15.9 Å². The standard InChI is InChI=1S/C12H22BrN3O/c1-9(14)11(13)10(17)6-5-7-16(15)8-12(2,3)4/h5-7,17H,8,14-15H2,1-4H3/b7-5+,10-6+,11-9-. The maximum absolute atomic E-state index is 9.60. The molecular formula is C12H22BrN3O. The Hall–Kier alpha value is -0.940. The van der Waals surface area contributed by atoms with Gasteiger partial charge in [0.25, 0.3) is 0 Å². The summed E-state index contributed by atoms with van der Waals surface area (Å²) in [5.41, 5.74) is 6.17. The van der Waals surface area contributed by atoms with Gasteiger partial charge >= 0.3 is 0 Å². The number of hydrazine groups is 1. The first-order chi connectivity index (χ1) is 7.63. The Morgan fingerprint density at radius 2 is 1.94 bits per heavy atom. The third kappa shape index (κ3) is 7.88. The van der Waals surface area contributed by atoms with E-state index in [1.807, 2.05) is 0 Å². The smallest absolute Gasteiger partial charge is 0.131 e. The number of nitrogens with zero attached hydrogens (tertiary/aromatic N) is 1. The largest absolute Gasteiger partial charge is 0.507 e. The minimum absolute atomic E-state index is 0.0745. The summed E-state index contributed by atoms with van der Waals surface area (Å²) < 4.78 is 0.488. The van der Waals surface area contributed by atoms with Crippen LogP contribution in [-0.2, 0) is 0 Å². The maximum Gasteiger partial charge on any atom is 0.131 e. The zero-order valence-electron chi connectivity index (χ0n) is 10.9. The predicted molar refractivity (Wildman–Crippen MR) is 76.0 cm³/mol. The Balaban J connectivity index is 4.47. The van der Waals surface area contributed by atoms with Crippen molar-refractivity contribution in [1.82, 2.24) is 5.01 Å². The first kappa shape index (κ1) is 16.1. The molecule has 5 heteroatoms. The highest BCUT2D eigenvalue weighted by molar-refractivity contribution is 9.12. The van der Waals surface area contributed by atoms with Crippen molar-refractivity contribution >= 4 is 15.9 Å². The quantitative estimate of drug-likeness (QED) is 0.323. The number of rotatable bonds is 4. The fourth-order valence-electron chi connectivity index (χ4n) is 1.12. The van der Waals surface area contributed by atoms with Gasteiger partial charge in [-0.3, -0.25) is 0 Å². The Bertz CT molecular complexity index is 336. The normalized spacial score (nSPS) is 15.1. The molecule has 98 valence electrons. The minimum Gasteiger partial charge on any atom is -0.507 e. The molecule has 0 rings (SSSR count). The van der Waals surface area contributed by atoms with Crippen LogP contribution in [-0.4, -0.2) is 16.7 Å². The first-order valence-corrected chi connectivity index (χ1v) is 6.14. The van der Waals surface area contributed by atoms with Crippen LogP contribution in [0.2, 0.25) is 0 Å². The lowest BCUT2D eigenvalue weighted by Crippen LogP contribution is -2.33. The molecule has 0 unspecified atom stereocenters. The van der Waals surface area contributed by atoms with Crippen LogP contribution in [0, 0.1) is 5.41 Å². The molecule has 17 heavy (non-hydrogen) atoms. The third-order valence-electron chi connectivity index (χ3n) is 1.76. The highest BCUT2D eigenvalue weighted by Crippen LogP contribution is 2.17. The second-order valence-corrected chi connectivity index (χ2v) is 5.92. The summed E-state index contributed by atoms with van der Waals surface area (Å²) >= 11 is 3.18. The molecule has 0 aliphatic heterocycles. The average Bonchev–Trinajstić information content (AvgIpc) is 2.13. The van der Waals surface area contributed by atoms with E-state index in [4.69, 9.17) is 11.6 Å². The monoisotopic (exact) mass is 303 g/mol. The molecule has 0 aliphatic rings. The fraction of sp³-hybridized carbons (Fsp3) is 0.500. The van der Waals surface area contributed by atoms with E-state index in [0.717, 1.165) is 6.54 Å². The zero-order valence-corrected chi connectivity index (χ0v) is 12.5. The number of hydrogen-bond donors (Lipinski definition) is 3. The first-order valence-electron chi connectivity index (χ1n) is 5.34. The van der Waals surface area contributed by atoms with Crippen LogP contribution in [0.1, 0.15) is 27.7 Å². The van der Waals surface area contributed by atoms with E-state index < -0.39 is 0 Å². The summed E-state index contributed by atoms with van der Waals surface area (Å²) in [6.07, 6.45) is 4.90. The van der Waals surface area contributed by atoms with Gasteiger partial charge in [-0.1, -0.05) is 20.8 Å². The van der Waals surface area contributed by atoms with Crippen molar-refractivity contribution in [2.24, 2.45) is 17.0 Å². The Labute approximate surface area is 112 Å². The van der Waals surface area contributed by atoms with Crippen LogP contribution in [0.15, 0.2) is 34.3 Å². The van der Waals surface area contributed by atoms with Gasteiger partial charge in [0.2, 0.25) is 0 Å².